The van der Waals surface area contributed by atoms with E-state index in [4.69, 9.17) is 5.73 Å². The Balaban J connectivity index is 0.00000264. The van der Waals surface area contributed by atoms with Crippen molar-refractivity contribution in [2.75, 3.05) is 18.8 Å². The molecule has 0 aliphatic carbocycles. The van der Waals surface area contributed by atoms with Gasteiger partial charge in [-0.1, -0.05) is 12.1 Å². The third kappa shape index (κ3) is 4.51. The Labute approximate surface area is 141 Å². The first-order valence-corrected chi connectivity index (χ1v) is 8.66. The van der Waals surface area contributed by atoms with Gasteiger partial charge in [-0.3, -0.25) is 14.5 Å². The maximum absolute atomic E-state index is 12.1. The lowest BCUT2D eigenvalue weighted by Gasteiger charge is -2.15. The van der Waals surface area contributed by atoms with Crippen LogP contribution in [0.4, 0.5) is 0 Å². The highest BCUT2D eigenvalue weighted by atomic mass is 35.5. The number of carbonyl (C=O) groups is 2. The lowest BCUT2D eigenvalue weighted by molar-refractivity contribution is 0.0654. The van der Waals surface area contributed by atoms with Crippen LogP contribution in [0.1, 0.15) is 34.1 Å². The van der Waals surface area contributed by atoms with E-state index in [-0.39, 0.29) is 55.5 Å². The topological polar surface area (TPSA) is 110 Å². The molecule has 2 rings (SSSR count). The van der Waals surface area contributed by atoms with Crippen molar-refractivity contribution in [3.63, 3.8) is 0 Å². The second-order valence-electron chi connectivity index (χ2n) is 5.23. The molecule has 3 N–H and O–H groups in total. The third-order valence-corrected chi connectivity index (χ3v) is 4.99. The number of carbonyl (C=O) groups excluding carboxylic acids is 2. The average Bonchev–Trinajstić information content (AvgIpc) is 2.72. The number of rotatable bonds is 7. The average molecular weight is 362 g/mol. The molecule has 0 saturated carbocycles. The zero-order chi connectivity index (χ0) is 16.3. The summed E-state index contributed by atoms with van der Waals surface area (Å²) in [4.78, 5) is 25.3. The van der Waals surface area contributed by atoms with E-state index in [1.807, 2.05) is 0 Å². The Morgan fingerprint density at radius 3 is 2.17 bits per heavy atom. The molecule has 0 radical (unpaired) electrons. The number of hydrogen-bond acceptors (Lipinski definition) is 5. The molecule has 1 heterocycles. The summed E-state index contributed by atoms with van der Waals surface area (Å²) in [6.07, 6.45) is 0.179. The Kier molecular flexibility index (Phi) is 6.69. The number of nitrogens with two attached hydrogens (primary N) is 1. The van der Waals surface area contributed by atoms with E-state index in [0.29, 0.717) is 11.1 Å². The number of imide groups is 1. The first kappa shape index (κ1) is 19.6. The molecule has 128 valence electrons. The summed E-state index contributed by atoms with van der Waals surface area (Å²) in [6.45, 7) is 1.95. The minimum atomic E-state index is -3.47. The van der Waals surface area contributed by atoms with Crippen LogP contribution in [0.15, 0.2) is 24.3 Å². The Hall–Kier alpha value is -1.48. The first-order valence-electron chi connectivity index (χ1n) is 7.01. The van der Waals surface area contributed by atoms with Gasteiger partial charge in [0.25, 0.3) is 11.8 Å². The normalized spacial score (nSPS) is 15.3. The van der Waals surface area contributed by atoms with Crippen LogP contribution in [0.3, 0.4) is 0 Å². The van der Waals surface area contributed by atoms with Gasteiger partial charge in [0.2, 0.25) is 10.0 Å². The van der Waals surface area contributed by atoms with E-state index in [9.17, 15) is 18.0 Å². The number of hydrogen-bond donors (Lipinski definition) is 2. The van der Waals surface area contributed by atoms with Crippen LogP contribution in [-0.4, -0.2) is 50.0 Å². The monoisotopic (exact) mass is 361 g/mol. The molecule has 7 nitrogen and oxygen atoms in total. The molecule has 0 fully saturated rings. The van der Waals surface area contributed by atoms with Crippen molar-refractivity contribution in [2.45, 2.75) is 19.4 Å². The summed E-state index contributed by atoms with van der Waals surface area (Å²) in [5.74, 6) is -0.910. The van der Waals surface area contributed by atoms with Gasteiger partial charge in [-0.2, -0.15) is 0 Å². The van der Waals surface area contributed by atoms with Crippen LogP contribution in [-0.2, 0) is 10.0 Å². The Morgan fingerprint density at radius 1 is 1.17 bits per heavy atom. The van der Waals surface area contributed by atoms with Crippen molar-refractivity contribution in [1.29, 1.82) is 0 Å². The maximum Gasteiger partial charge on any atom is 0.261 e. The minimum absolute atomic E-state index is 0. The third-order valence-electron chi connectivity index (χ3n) is 3.41. The SMILES string of the molecule is C[C@@H](CN)NS(=O)(=O)CCCN1C(=O)c2ccccc2C1=O.Cl. The van der Waals surface area contributed by atoms with Crippen molar-refractivity contribution in [3.8, 4) is 0 Å². The number of benzene rings is 1. The molecule has 1 atom stereocenters. The van der Waals surface area contributed by atoms with Crippen LogP contribution in [0.2, 0.25) is 0 Å². The highest BCUT2D eigenvalue weighted by Gasteiger charge is 2.34. The maximum atomic E-state index is 12.1. The van der Waals surface area contributed by atoms with Gasteiger partial charge < -0.3 is 5.73 Å². The second kappa shape index (κ2) is 7.87. The lowest BCUT2D eigenvalue weighted by atomic mass is 10.1. The molecule has 0 aromatic heterocycles. The van der Waals surface area contributed by atoms with E-state index in [1.165, 1.54) is 0 Å². The molecule has 23 heavy (non-hydrogen) atoms. The van der Waals surface area contributed by atoms with Gasteiger partial charge in [-0.05, 0) is 25.5 Å². The van der Waals surface area contributed by atoms with Gasteiger partial charge in [-0.25, -0.2) is 13.1 Å². The van der Waals surface area contributed by atoms with E-state index in [0.717, 1.165) is 4.90 Å². The number of sulfonamides is 1. The molecule has 9 heteroatoms. The molecule has 0 spiro atoms. The fourth-order valence-corrected chi connectivity index (χ4v) is 3.60. The quantitative estimate of drug-likeness (QED) is 0.681. The highest BCUT2D eigenvalue weighted by Crippen LogP contribution is 2.22. The summed E-state index contributed by atoms with van der Waals surface area (Å²) >= 11 is 0. The predicted octanol–water partition coefficient (Wildman–Crippen LogP) is 0.361. The number of halogens is 1. The molecule has 0 unspecified atom stereocenters. The van der Waals surface area contributed by atoms with Gasteiger partial charge >= 0.3 is 0 Å². The van der Waals surface area contributed by atoms with Gasteiger partial charge in [0.15, 0.2) is 0 Å². The van der Waals surface area contributed by atoms with Crippen molar-refractivity contribution in [3.05, 3.63) is 35.4 Å². The fraction of sp³-hybridized carbons (Fsp3) is 0.429. The van der Waals surface area contributed by atoms with Gasteiger partial charge in [-0.15, -0.1) is 12.4 Å². The molecule has 1 aliphatic rings. The summed E-state index contributed by atoms with van der Waals surface area (Å²) in [5, 5.41) is 0. The Morgan fingerprint density at radius 2 is 1.70 bits per heavy atom. The summed E-state index contributed by atoms with van der Waals surface area (Å²) < 4.78 is 26.0. The smallest absolute Gasteiger partial charge is 0.261 e. The van der Waals surface area contributed by atoms with E-state index < -0.39 is 10.0 Å². The van der Waals surface area contributed by atoms with Crippen LogP contribution in [0, 0.1) is 0 Å². The Bertz CT molecular complexity index is 658. The summed E-state index contributed by atoms with van der Waals surface area (Å²) in [7, 11) is -3.47. The van der Waals surface area contributed by atoms with Crippen LogP contribution < -0.4 is 10.5 Å². The lowest BCUT2D eigenvalue weighted by Crippen LogP contribution is -2.40. The first-order chi connectivity index (χ1) is 10.4. The number of nitrogens with one attached hydrogen (secondary N) is 1. The molecule has 0 bridgehead atoms. The largest absolute Gasteiger partial charge is 0.329 e. The molecule has 1 aliphatic heterocycles. The fourth-order valence-electron chi connectivity index (χ4n) is 2.27. The number of fused-ring (bicyclic) bond motifs is 1. The standard InChI is InChI=1S/C14H19N3O4S.ClH/c1-10(9-15)16-22(20,21)8-4-7-17-13(18)11-5-2-3-6-12(11)14(17)19;/h2-3,5-6,10,16H,4,7-9,15H2,1H3;1H/t10-;/m0./s1. The molecule has 1 aromatic rings. The minimum Gasteiger partial charge on any atom is -0.329 e. The zero-order valence-electron chi connectivity index (χ0n) is 12.7. The van der Waals surface area contributed by atoms with E-state index in [1.54, 1.807) is 31.2 Å². The molecular weight excluding hydrogens is 342 g/mol. The predicted molar refractivity (Wildman–Crippen MR) is 89.1 cm³/mol. The summed E-state index contributed by atoms with van der Waals surface area (Å²) in [5.41, 5.74) is 6.10. The van der Waals surface area contributed by atoms with Crippen LogP contribution in [0.25, 0.3) is 0 Å². The van der Waals surface area contributed by atoms with Crippen molar-refractivity contribution >= 4 is 34.2 Å². The highest BCUT2D eigenvalue weighted by molar-refractivity contribution is 7.89. The van der Waals surface area contributed by atoms with E-state index in [2.05, 4.69) is 4.72 Å². The van der Waals surface area contributed by atoms with Gasteiger partial charge in [0.05, 0.1) is 16.9 Å². The van der Waals surface area contributed by atoms with Crippen LogP contribution >= 0.6 is 12.4 Å². The van der Waals surface area contributed by atoms with E-state index >= 15 is 0 Å². The van der Waals surface area contributed by atoms with Gasteiger partial charge in [0.1, 0.15) is 0 Å². The van der Waals surface area contributed by atoms with Crippen LogP contribution in [0.5, 0.6) is 0 Å². The van der Waals surface area contributed by atoms with Gasteiger partial charge in [0, 0.05) is 19.1 Å². The molecular formula is C14H20ClN3O4S. The second-order valence-corrected chi connectivity index (χ2v) is 7.11. The number of amides is 2. The zero-order valence-corrected chi connectivity index (χ0v) is 14.3. The summed E-state index contributed by atoms with van der Waals surface area (Å²) in [6, 6.07) is 6.23. The number of nitrogens with zero attached hydrogens (tertiary/aromatic N) is 1. The van der Waals surface area contributed by atoms with Crippen molar-refractivity contribution in [1.82, 2.24) is 9.62 Å². The van der Waals surface area contributed by atoms with Crippen molar-refractivity contribution < 1.29 is 18.0 Å². The molecule has 1 aromatic carbocycles. The van der Waals surface area contributed by atoms with Crippen molar-refractivity contribution in [2.24, 2.45) is 5.73 Å². The molecule has 2 amide bonds. The molecule has 0 saturated heterocycles.